The van der Waals surface area contributed by atoms with Crippen LogP contribution in [0.1, 0.15) is 30.4 Å². The number of ether oxygens (including phenoxy) is 1. The van der Waals surface area contributed by atoms with Crippen LogP contribution in [0.5, 0.6) is 0 Å². The fraction of sp³-hybridized carbons (Fsp3) is 0.542. The second kappa shape index (κ2) is 12.3. The van der Waals surface area contributed by atoms with Crippen molar-refractivity contribution in [3.05, 3.63) is 59.5 Å². The van der Waals surface area contributed by atoms with Gasteiger partial charge in [0.05, 0.1) is 32.1 Å². The summed E-state index contributed by atoms with van der Waals surface area (Å²) >= 11 is 0. The van der Waals surface area contributed by atoms with Gasteiger partial charge in [-0.2, -0.15) is 4.31 Å². The van der Waals surface area contributed by atoms with E-state index in [0.29, 0.717) is 38.5 Å². The number of sulfonamides is 1. The van der Waals surface area contributed by atoms with Crippen molar-refractivity contribution in [1.29, 1.82) is 0 Å². The highest BCUT2D eigenvalue weighted by molar-refractivity contribution is 7.89. The van der Waals surface area contributed by atoms with Gasteiger partial charge in [0.25, 0.3) is 0 Å². The zero-order valence-electron chi connectivity index (χ0n) is 19.6. The molecule has 0 radical (unpaired) electrons. The smallest absolute Gasteiger partial charge is 0.238 e. The molecular formula is C24H35N3O5S. The molecule has 1 aromatic heterocycles. The quantitative estimate of drug-likeness (QED) is 0.467. The van der Waals surface area contributed by atoms with Gasteiger partial charge in [0.15, 0.2) is 0 Å². The van der Waals surface area contributed by atoms with Crippen molar-refractivity contribution in [2.75, 3.05) is 51.7 Å². The van der Waals surface area contributed by atoms with Gasteiger partial charge in [-0.3, -0.25) is 9.69 Å². The second-order valence-corrected chi connectivity index (χ2v) is 10.5. The molecule has 0 aliphatic carbocycles. The summed E-state index contributed by atoms with van der Waals surface area (Å²) < 4.78 is 37.9. The highest BCUT2D eigenvalue weighted by Gasteiger charge is 2.26. The predicted molar refractivity (Wildman–Crippen MR) is 127 cm³/mol. The molecule has 0 saturated carbocycles. The number of morpholine rings is 1. The summed E-state index contributed by atoms with van der Waals surface area (Å²) in [5.41, 5.74) is 0.978. The van der Waals surface area contributed by atoms with E-state index < -0.39 is 10.0 Å². The largest absolute Gasteiger partial charge is 0.464 e. The van der Waals surface area contributed by atoms with Crippen molar-refractivity contribution in [3.8, 4) is 0 Å². The number of rotatable bonds is 12. The molecule has 1 saturated heterocycles. The van der Waals surface area contributed by atoms with Gasteiger partial charge in [-0.15, -0.1) is 0 Å². The third-order valence-corrected chi connectivity index (χ3v) is 7.60. The first-order valence-electron chi connectivity index (χ1n) is 11.5. The first kappa shape index (κ1) is 25.4. The van der Waals surface area contributed by atoms with Crippen LogP contribution in [0.3, 0.4) is 0 Å². The number of hydrogen-bond donors (Lipinski definition) is 0. The lowest BCUT2D eigenvalue weighted by Crippen LogP contribution is -2.44. The van der Waals surface area contributed by atoms with Crippen LogP contribution in [0.2, 0.25) is 0 Å². The maximum absolute atomic E-state index is 13.3. The van der Waals surface area contributed by atoms with Gasteiger partial charge in [0.2, 0.25) is 15.9 Å². The number of nitrogens with zero attached hydrogens (tertiary/aromatic N) is 3. The number of carbonyl (C=O) groups excluding carboxylic acids is 1. The number of carbonyl (C=O) groups is 1. The molecule has 1 aromatic carbocycles. The van der Waals surface area contributed by atoms with Crippen LogP contribution in [0.25, 0.3) is 0 Å². The van der Waals surface area contributed by atoms with Crippen molar-refractivity contribution in [2.24, 2.45) is 0 Å². The Morgan fingerprint density at radius 1 is 1.06 bits per heavy atom. The van der Waals surface area contributed by atoms with E-state index in [1.54, 1.807) is 11.8 Å². The van der Waals surface area contributed by atoms with Crippen LogP contribution in [0.15, 0.2) is 46.9 Å². The van der Waals surface area contributed by atoms with Crippen LogP contribution >= 0.6 is 0 Å². The molecule has 1 fully saturated rings. The lowest BCUT2D eigenvalue weighted by atomic mass is 10.2. The molecule has 3 rings (SSSR count). The summed E-state index contributed by atoms with van der Waals surface area (Å²) in [6.07, 6.45) is 0.669. The maximum atomic E-state index is 13.3. The Bertz CT molecular complexity index is 971. The summed E-state index contributed by atoms with van der Waals surface area (Å²) in [5.74, 6) is 1.18. The number of furan rings is 1. The average Bonchev–Trinajstić information content (AvgIpc) is 3.23. The van der Waals surface area contributed by atoms with Gasteiger partial charge < -0.3 is 14.1 Å². The van der Waals surface area contributed by atoms with E-state index in [1.807, 2.05) is 49.4 Å². The van der Waals surface area contributed by atoms with Gasteiger partial charge >= 0.3 is 0 Å². The number of amides is 1. The molecule has 0 spiro atoms. The number of hydrogen-bond acceptors (Lipinski definition) is 6. The maximum Gasteiger partial charge on any atom is 0.238 e. The highest BCUT2D eigenvalue weighted by Crippen LogP contribution is 2.15. The standard InChI is InChI=1S/C24H35N3O5S/c1-3-33(29,30)27(13-7-12-25-14-16-31-17-15-25)20-24(28)26(18-22-8-5-4-6-9-22)19-23-11-10-21(2)32-23/h4-6,8-11H,3,7,12-20H2,1-2H3. The molecule has 182 valence electrons. The zero-order valence-corrected chi connectivity index (χ0v) is 20.4. The van der Waals surface area contributed by atoms with Gasteiger partial charge in [0, 0.05) is 26.2 Å². The van der Waals surface area contributed by atoms with E-state index in [9.17, 15) is 13.2 Å². The number of aryl methyl sites for hydroxylation is 1. The molecule has 1 amide bonds. The average molecular weight is 478 g/mol. The minimum Gasteiger partial charge on any atom is -0.464 e. The molecule has 0 atom stereocenters. The number of benzene rings is 1. The minimum absolute atomic E-state index is 0.0338. The Balaban J connectivity index is 1.69. The topological polar surface area (TPSA) is 83.3 Å². The summed E-state index contributed by atoms with van der Waals surface area (Å²) in [6, 6.07) is 13.4. The summed E-state index contributed by atoms with van der Waals surface area (Å²) in [7, 11) is -3.51. The van der Waals surface area contributed by atoms with Crippen LogP contribution in [-0.4, -0.2) is 80.1 Å². The SMILES string of the molecule is CCS(=O)(=O)N(CCCN1CCOCC1)CC(=O)N(Cc1ccccc1)Cc1ccc(C)o1. The van der Waals surface area contributed by atoms with Crippen molar-refractivity contribution >= 4 is 15.9 Å². The van der Waals surface area contributed by atoms with E-state index in [4.69, 9.17) is 9.15 Å². The third kappa shape index (κ3) is 7.96. The first-order valence-corrected chi connectivity index (χ1v) is 13.1. The Morgan fingerprint density at radius 2 is 1.79 bits per heavy atom. The van der Waals surface area contributed by atoms with Gasteiger partial charge in [0.1, 0.15) is 11.5 Å². The van der Waals surface area contributed by atoms with Crippen molar-refractivity contribution in [1.82, 2.24) is 14.1 Å². The van der Waals surface area contributed by atoms with E-state index in [1.165, 1.54) is 4.31 Å². The molecule has 1 aliphatic rings. The molecule has 0 N–H and O–H groups in total. The van der Waals surface area contributed by atoms with E-state index in [0.717, 1.165) is 31.0 Å². The minimum atomic E-state index is -3.51. The molecule has 2 heterocycles. The van der Waals surface area contributed by atoms with Crippen LogP contribution in [0.4, 0.5) is 0 Å². The molecule has 1 aliphatic heterocycles. The van der Waals surface area contributed by atoms with Crippen LogP contribution in [0, 0.1) is 6.92 Å². The summed E-state index contributed by atoms with van der Waals surface area (Å²) in [4.78, 5) is 17.3. The normalized spacial score (nSPS) is 15.1. The van der Waals surface area contributed by atoms with Crippen molar-refractivity contribution < 1.29 is 22.4 Å². The Kier molecular flexibility index (Phi) is 9.49. The van der Waals surface area contributed by atoms with E-state index >= 15 is 0 Å². The first-order chi connectivity index (χ1) is 15.9. The molecule has 2 aromatic rings. The molecule has 0 unspecified atom stereocenters. The predicted octanol–water partition coefficient (Wildman–Crippen LogP) is 2.49. The second-order valence-electron chi connectivity index (χ2n) is 8.29. The molecule has 8 nitrogen and oxygen atoms in total. The molecule has 9 heteroatoms. The van der Waals surface area contributed by atoms with E-state index in [2.05, 4.69) is 4.90 Å². The Morgan fingerprint density at radius 3 is 2.42 bits per heavy atom. The third-order valence-electron chi connectivity index (χ3n) is 5.77. The van der Waals surface area contributed by atoms with E-state index in [-0.39, 0.29) is 24.7 Å². The van der Waals surface area contributed by atoms with Gasteiger partial charge in [-0.05, 0) is 44.5 Å². The monoisotopic (exact) mass is 477 g/mol. The van der Waals surface area contributed by atoms with Gasteiger partial charge in [-0.1, -0.05) is 30.3 Å². The van der Waals surface area contributed by atoms with Crippen molar-refractivity contribution in [3.63, 3.8) is 0 Å². The molecular weight excluding hydrogens is 442 g/mol. The Labute approximate surface area is 197 Å². The fourth-order valence-electron chi connectivity index (χ4n) is 3.84. The summed E-state index contributed by atoms with van der Waals surface area (Å²) in [5, 5.41) is 0. The van der Waals surface area contributed by atoms with Gasteiger partial charge in [-0.25, -0.2) is 8.42 Å². The fourth-order valence-corrected chi connectivity index (χ4v) is 4.92. The Hall–Kier alpha value is -2.20. The summed E-state index contributed by atoms with van der Waals surface area (Å²) in [6.45, 7) is 8.18. The van der Waals surface area contributed by atoms with Crippen LogP contribution in [-0.2, 0) is 32.6 Å². The van der Waals surface area contributed by atoms with Crippen LogP contribution < -0.4 is 0 Å². The highest BCUT2D eigenvalue weighted by atomic mass is 32.2. The zero-order chi connectivity index (χ0) is 23.7. The molecule has 33 heavy (non-hydrogen) atoms. The molecule has 0 bridgehead atoms. The lowest BCUT2D eigenvalue weighted by Gasteiger charge is -2.29. The lowest BCUT2D eigenvalue weighted by molar-refractivity contribution is -0.133. The van der Waals surface area contributed by atoms with Crippen molar-refractivity contribution in [2.45, 2.75) is 33.4 Å².